The van der Waals surface area contributed by atoms with Gasteiger partial charge < -0.3 is 9.88 Å². The minimum atomic E-state index is -0.334. The summed E-state index contributed by atoms with van der Waals surface area (Å²) in [5.74, 6) is 1.48. The number of carbonyl (C=O) groups is 1. The molecule has 6 nitrogen and oxygen atoms in total. The lowest BCUT2D eigenvalue weighted by Crippen LogP contribution is -2.22. The smallest absolute Gasteiger partial charge is 0.239 e. The zero-order chi connectivity index (χ0) is 22.5. The lowest BCUT2D eigenvalue weighted by molar-refractivity contribution is -0.115. The van der Waals surface area contributed by atoms with Crippen LogP contribution >= 0.6 is 34.9 Å². The van der Waals surface area contributed by atoms with Gasteiger partial charge in [0.05, 0.1) is 16.7 Å². The van der Waals surface area contributed by atoms with Crippen LogP contribution in [0.4, 0.5) is 5.13 Å². The molecule has 0 aliphatic rings. The lowest BCUT2D eigenvalue weighted by atomic mass is 10.2. The summed E-state index contributed by atoms with van der Waals surface area (Å²) in [4.78, 5) is 18.4. The maximum absolute atomic E-state index is 12.7. The molecule has 1 amide bonds. The molecule has 0 bridgehead atoms. The van der Waals surface area contributed by atoms with Gasteiger partial charge in [-0.25, -0.2) is 4.98 Å². The van der Waals surface area contributed by atoms with E-state index < -0.39 is 0 Å². The van der Waals surface area contributed by atoms with E-state index in [2.05, 4.69) is 51.7 Å². The minimum Gasteiger partial charge on any atom is -0.308 e. The summed E-state index contributed by atoms with van der Waals surface area (Å²) in [5, 5.41) is 14.4. The van der Waals surface area contributed by atoms with Gasteiger partial charge in [-0.1, -0.05) is 59.8 Å². The second-order valence-corrected chi connectivity index (χ2v) is 10.4. The van der Waals surface area contributed by atoms with Crippen LogP contribution in [0.2, 0.25) is 0 Å². The lowest BCUT2D eigenvalue weighted by Gasteiger charge is -2.10. The van der Waals surface area contributed by atoms with E-state index in [1.807, 2.05) is 54.3 Å². The number of hydrogen-bond acceptors (Lipinski definition) is 7. The first kappa shape index (κ1) is 22.6. The van der Waals surface area contributed by atoms with Crippen LogP contribution < -0.4 is 5.32 Å². The van der Waals surface area contributed by atoms with Gasteiger partial charge in [0, 0.05) is 22.9 Å². The zero-order valence-corrected chi connectivity index (χ0v) is 20.4. The number of thiazole rings is 1. The molecule has 0 radical (unpaired) electrons. The molecule has 0 spiro atoms. The second-order valence-electron chi connectivity index (χ2n) is 7.21. The number of aryl methyl sites for hydroxylation is 1. The summed E-state index contributed by atoms with van der Waals surface area (Å²) in [5.41, 5.74) is 3.13. The predicted molar refractivity (Wildman–Crippen MR) is 133 cm³/mol. The molecule has 2 heterocycles. The van der Waals surface area contributed by atoms with Crippen LogP contribution in [0.15, 0.2) is 70.0 Å². The highest BCUT2D eigenvalue weighted by molar-refractivity contribution is 8.00. The van der Waals surface area contributed by atoms with E-state index in [9.17, 15) is 4.79 Å². The Morgan fingerprint density at radius 2 is 1.88 bits per heavy atom. The van der Waals surface area contributed by atoms with Crippen molar-refractivity contribution in [2.45, 2.75) is 34.9 Å². The van der Waals surface area contributed by atoms with Crippen molar-refractivity contribution in [2.24, 2.45) is 7.05 Å². The first-order valence-corrected chi connectivity index (χ1v) is 12.8. The SMILES string of the molecule is Cc1ccc(SCc2nnc(SC(C)C(=O)Nc3nc(-c4ccccc4)cs3)n2C)cc1. The molecular weight excluding hydrogens is 458 g/mol. The molecule has 0 saturated heterocycles. The number of aromatic nitrogens is 4. The molecule has 164 valence electrons. The Hall–Kier alpha value is -2.62. The van der Waals surface area contributed by atoms with Crippen LogP contribution in [0.1, 0.15) is 18.3 Å². The highest BCUT2D eigenvalue weighted by Crippen LogP contribution is 2.28. The Morgan fingerprint density at radius 1 is 1.12 bits per heavy atom. The van der Waals surface area contributed by atoms with Gasteiger partial charge in [0.2, 0.25) is 5.91 Å². The van der Waals surface area contributed by atoms with Gasteiger partial charge in [0.15, 0.2) is 10.3 Å². The Labute approximate surface area is 199 Å². The average Bonchev–Trinajstić information content (AvgIpc) is 3.41. The fourth-order valence-electron chi connectivity index (χ4n) is 2.85. The number of nitrogens with zero attached hydrogens (tertiary/aromatic N) is 4. The van der Waals surface area contributed by atoms with E-state index in [1.54, 1.807) is 11.8 Å². The summed E-state index contributed by atoms with van der Waals surface area (Å²) >= 11 is 4.53. The Balaban J connectivity index is 1.33. The number of thioether (sulfide) groups is 2. The van der Waals surface area contributed by atoms with Crippen molar-refractivity contribution in [1.29, 1.82) is 0 Å². The van der Waals surface area contributed by atoms with Gasteiger partial charge in [0.1, 0.15) is 5.82 Å². The predicted octanol–water partition coefficient (Wildman–Crippen LogP) is 5.66. The topological polar surface area (TPSA) is 72.7 Å². The fraction of sp³-hybridized carbons (Fsp3) is 0.217. The molecule has 0 aliphatic carbocycles. The number of benzene rings is 2. The molecule has 1 N–H and O–H groups in total. The Bertz CT molecular complexity index is 1190. The molecular formula is C23H23N5OS3. The van der Waals surface area contributed by atoms with Crippen LogP contribution in [0.25, 0.3) is 11.3 Å². The molecule has 2 aromatic carbocycles. The van der Waals surface area contributed by atoms with Crippen molar-refractivity contribution < 1.29 is 4.79 Å². The molecule has 1 unspecified atom stereocenters. The Kier molecular flexibility index (Phi) is 7.29. The Morgan fingerprint density at radius 3 is 2.62 bits per heavy atom. The van der Waals surface area contributed by atoms with Crippen molar-refractivity contribution in [1.82, 2.24) is 19.7 Å². The third kappa shape index (κ3) is 5.59. The summed E-state index contributed by atoms with van der Waals surface area (Å²) in [6.07, 6.45) is 0. The van der Waals surface area contributed by atoms with E-state index in [4.69, 9.17) is 0 Å². The van der Waals surface area contributed by atoms with E-state index in [1.165, 1.54) is 33.6 Å². The van der Waals surface area contributed by atoms with Crippen LogP contribution in [-0.2, 0) is 17.6 Å². The number of hydrogen-bond donors (Lipinski definition) is 1. The molecule has 2 aromatic heterocycles. The van der Waals surface area contributed by atoms with Crippen LogP contribution in [0.5, 0.6) is 0 Å². The van der Waals surface area contributed by atoms with Gasteiger partial charge in [-0.3, -0.25) is 4.79 Å². The number of anilines is 1. The van der Waals surface area contributed by atoms with Gasteiger partial charge in [-0.05, 0) is 26.0 Å². The number of nitrogens with one attached hydrogen (secondary N) is 1. The molecule has 9 heteroatoms. The first-order chi connectivity index (χ1) is 15.5. The molecule has 32 heavy (non-hydrogen) atoms. The van der Waals surface area contributed by atoms with Crippen molar-refractivity contribution in [3.05, 3.63) is 71.4 Å². The van der Waals surface area contributed by atoms with Gasteiger partial charge in [-0.2, -0.15) is 0 Å². The van der Waals surface area contributed by atoms with E-state index >= 15 is 0 Å². The van der Waals surface area contributed by atoms with Crippen molar-refractivity contribution in [3.63, 3.8) is 0 Å². The molecule has 0 saturated carbocycles. The largest absolute Gasteiger partial charge is 0.308 e. The van der Waals surface area contributed by atoms with Gasteiger partial charge in [-0.15, -0.1) is 33.3 Å². The monoisotopic (exact) mass is 481 g/mol. The maximum atomic E-state index is 12.7. The highest BCUT2D eigenvalue weighted by Gasteiger charge is 2.20. The van der Waals surface area contributed by atoms with Crippen LogP contribution in [0.3, 0.4) is 0 Å². The highest BCUT2D eigenvalue weighted by atomic mass is 32.2. The number of rotatable bonds is 8. The third-order valence-corrected chi connectivity index (χ3v) is 7.67. The van der Waals surface area contributed by atoms with E-state index in [0.29, 0.717) is 5.13 Å². The molecule has 1 atom stereocenters. The van der Waals surface area contributed by atoms with E-state index in [0.717, 1.165) is 28.0 Å². The first-order valence-electron chi connectivity index (χ1n) is 10.1. The summed E-state index contributed by atoms with van der Waals surface area (Å²) in [6.45, 7) is 3.94. The molecule has 0 aliphatic heterocycles. The second kappa shape index (κ2) is 10.3. The fourth-order valence-corrected chi connectivity index (χ4v) is 5.28. The normalized spacial score (nSPS) is 12.0. The van der Waals surface area contributed by atoms with Crippen LogP contribution in [-0.4, -0.2) is 30.9 Å². The maximum Gasteiger partial charge on any atom is 0.239 e. The van der Waals surface area contributed by atoms with Crippen molar-refractivity contribution in [3.8, 4) is 11.3 Å². The molecule has 0 fully saturated rings. The average molecular weight is 482 g/mol. The molecule has 4 aromatic rings. The van der Waals surface area contributed by atoms with Crippen molar-refractivity contribution >= 4 is 45.9 Å². The standard InChI is InChI=1S/C23H23N5OS3/c1-15-9-11-18(12-10-15)30-14-20-26-27-23(28(20)3)32-16(2)21(29)25-22-24-19(13-31-22)17-7-5-4-6-8-17/h4-13,16H,14H2,1-3H3,(H,24,25,29). The van der Waals surface area contributed by atoms with Crippen molar-refractivity contribution in [2.75, 3.05) is 5.32 Å². The quantitative estimate of drug-likeness (QED) is 0.328. The summed E-state index contributed by atoms with van der Waals surface area (Å²) < 4.78 is 1.95. The minimum absolute atomic E-state index is 0.109. The van der Waals surface area contributed by atoms with Gasteiger partial charge in [0.25, 0.3) is 0 Å². The third-order valence-electron chi connectivity index (χ3n) is 4.77. The van der Waals surface area contributed by atoms with E-state index in [-0.39, 0.29) is 11.2 Å². The molecule has 4 rings (SSSR count). The van der Waals surface area contributed by atoms with Crippen LogP contribution in [0, 0.1) is 6.92 Å². The summed E-state index contributed by atoms with van der Waals surface area (Å²) in [7, 11) is 1.94. The number of carbonyl (C=O) groups excluding carboxylic acids is 1. The number of amides is 1. The zero-order valence-electron chi connectivity index (χ0n) is 18.0. The van der Waals surface area contributed by atoms with Gasteiger partial charge >= 0.3 is 0 Å². The summed E-state index contributed by atoms with van der Waals surface area (Å²) in [6, 6.07) is 18.3.